The molecule has 0 saturated heterocycles. The van der Waals surface area contributed by atoms with Crippen LogP contribution in [-0.4, -0.2) is 9.97 Å². The highest BCUT2D eigenvalue weighted by Crippen LogP contribution is 2.14. The molecule has 2 aromatic heterocycles. The fourth-order valence-electron chi connectivity index (χ4n) is 1.03. The summed E-state index contributed by atoms with van der Waals surface area (Å²) in [7, 11) is 0. The first kappa shape index (κ1) is 7.09. The van der Waals surface area contributed by atoms with E-state index in [4.69, 9.17) is 10.2 Å². The van der Waals surface area contributed by atoms with Crippen LogP contribution < -0.4 is 5.73 Å². The molecule has 0 aliphatic heterocycles. The number of nitrogen functional groups attached to an aromatic ring is 1. The van der Waals surface area contributed by atoms with Crippen LogP contribution in [-0.2, 0) is 6.42 Å². The maximum absolute atomic E-state index is 5.48. The normalized spacial score (nSPS) is 10.8. The predicted octanol–water partition coefficient (Wildman–Crippen LogP) is 1.37. The maximum atomic E-state index is 5.48. The highest BCUT2D eigenvalue weighted by molar-refractivity contribution is 5.69. The van der Waals surface area contributed by atoms with Crippen LogP contribution in [0.3, 0.4) is 0 Å². The van der Waals surface area contributed by atoms with Crippen molar-refractivity contribution in [3.05, 3.63) is 18.0 Å². The molecule has 0 fully saturated rings. The van der Waals surface area contributed by atoms with Gasteiger partial charge in [-0.2, -0.15) is 4.98 Å². The predicted molar refractivity (Wildman–Crippen MR) is 45.6 cm³/mol. The maximum Gasteiger partial charge on any atom is 0.200 e. The van der Waals surface area contributed by atoms with Crippen LogP contribution in [0.5, 0.6) is 0 Å². The number of nitrogens with zero attached hydrogens (tertiary/aromatic N) is 2. The van der Waals surface area contributed by atoms with Crippen LogP contribution in [0.15, 0.2) is 16.5 Å². The minimum Gasteiger partial charge on any atom is -0.439 e. The summed E-state index contributed by atoms with van der Waals surface area (Å²) in [6.07, 6.45) is 0.774. The highest BCUT2D eigenvalue weighted by Gasteiger charge is 2.04. The topological polar surface area (TPSA) is 64.9 Å². The van der Waals surface area contributed by atoms with Gasteiger partial charge in [-0.1, -0.05) is 6.92 Å². The van der Waals surface area contributed by atoms with Gasteiger partial charge in [-0.25, -0.2) is 4.98 Å². The van der Waals surface area contributed by atoms with E-state index in [2.05, 4.69) is 9.97 Å². The van der Waals surface area contributed by atoms with Crippen molar-refractivity contribution in [2.45, 2.75) is 13.3 Å². The minimum atomic E-state index is 0.471. The Morgan fingerprint density at radius 1 is 1.42 bits per heavy atom. The molecule has 4 nitrogen and oxygen atoms in total. The summed E-state index contributed by atoms with van der Waals surface area (Å²) >= 11 is 0. The Balaban J connectivity index is 2.67. The van der Waals surface area contributed by atoms with Gasteiger partial charge in [0.15, 0.2) is 11.5 Å². The first-order valence-electron chi connectivity index (χ1n) is 3.81. The third-order valence-electron chi connectivity index (χ3n) is 1.62. The summed E-state index contributed by atoms with van der Waals surface area (Å²) in [5, 5.41) is 0. The smallest absolute Gasteiger partial charge is 0.200 e. The van der Waals surface area contributed by atoms with Gasteiger partial charge in [0.25, 0.3) is 0 Å². The van der Waals surface area contributed by atoms with Gasteiger partial charge >= 0.3 is 0 Å². The van der Waals surface area contributed by atoms with E-state index in [-0.39, 0.29) is 0 Å². The number of anilines is 1. The molecule has 0 bridgehead atoms. The molecule has 0 radical (unpaired) electrons. The third-order valence-corrected chi connectivity index (χ3v) is 1.62. The quantitative estimate of drug-likeness (QED) is 0.689. The lowest BCUT2D eigenvalue weighted by molar-refractivity contribution is 0.538. The van der Waals surface area contributed by atoms with E-state index in [0.717, 1.165) is 6.42 Å². The number of aryl methyl sites for hydroxylation is 1. The van der Waals surface area contributed by atoms with Crippen LogP contribution in [0.2, 0.25) is 0 Å². The van der Waals surface area contributed by atoms with Crippen molar-refractivity contribution in [2.24, 2.45) is 0 Å². The summed E-state index contributed by atoms with van der Waals surface area (Å²) in [5.74, 6) is 1.17. The lowest BCUT2D eigenvalue weighted by Gasteiger charge is -1.87. The minimum absolute atomic E-state index is 0.471. The van der Waals surface area contributed by atoms with E-state index in [9.17, 15) is 0 Å². The second-order valence-electron chi connectivity index (χ2n) is 2.52. The van der Waals surface area contributed by atoms with Crippen molar-refractivity contribution in [3.8, 4) is 0 Å². The fraction of sp³-hybridized carbons (Fsp3) is 0.250. The molecule has 0 atom stereocenters. The molecule has 62 valence electrons. The molecule has 0 aliphatic rings. The van der Waals surface area contributed by atoms with Gasteiger partial charge in [-0.3, -0.25) is 0 Å². The zero-order valence-corrected chi connectivity index (χ0v) is 6.74. The van der Waals surface area contributed by atoms with Crippen molar-refractivity contribution in [1.82, 2.24) is 9.97 Å². The molecular formula is C8H9N3O. The van der Waals surface area contributed by atoms with Crippen molar-refractivity contribution in [2.75, 3.05) is 5.73 Å². The van der Waals surface area contributed by atoms with E-state index in [1.54, 1.807) is 12.1 Å². The first-order chi connectivity index (χ1) is 5.79. The average Bonchev–Trinajstić information content (AvgIpc) is 2.46. The molecule has 0 aromatic carbocycles. The Kier molecular flexibility index (Phi) is 1.46. The summed E-state index contributed by atoms with van der Waals surface area (Å²) in [4.78, 5) is 8.15. The summed E-state index contributed by atoms with van der Waals surface area (Å²) < 4.78 is 5.34. The number of hydrogen-bond donors (Lipinski definition) is 1. The summed E-state index contributed by atoms with van der Waals surface area (Å²) in [6, 6.07) is 3.48. The number of aromatic nitrogens is 2. The number of nitrogens with two attached hydrogens (primary N) is 1. The molecule has 0 aliphatic carbocycles. The Morgan fingerprint density at radius 3 is 3.00 bits per heavy atom. The second-order valence-corrected chi connectivity index (χ2v) is 2.52. The van der Waals surface area contributed by atoms with Crippen LogP contribution in [0.25, 0.3) is 11.2 Å². The van der Waals surface area contributed by atoms with Crippen molar-refractivity contribution in [3.63, 3.8) is 0 Å². The molecule has 0 spiro atoms. The van der Waals surface area contributed by atoms with Gasteiger partial charge in [0.2, 0.25) is 5.65 Å². The highest BCUT2D eigenvalue weighted by atomic mass is 16.3. The third kappa shape index (κ3) is 1.01. The van der Waals surface area contributed by atoms with Crippen LogP contribution in [0.4, 0.5) is 5.82 Å². The number of fused-ring (bicyclic) bond motifs is 1. The SMILES string of the molecule is CCc1nc2nc(N)ccc2o1. The van der Waals surface area contributed by atoms with Crippen LogP contribution in [0, 0.1) is 0 Å². The van der Waals surface area contributed by atoms with Crippen molar-refractivity contribution < 1.29 is 4.42 Å². The Labute approximate surface area is 69.4 Å². The lowest BCUT2D eigenvalue weighted by atomic mass is 10.4. The van der Waals surface area contributed by atoms with Gasteiger partial charge in [0.05, 0.1) is 0 Å². The molecule has 0 saturated carbocycles. The molecular weight excluding hydrogens is 154 g/mol. The lowest BCUT2D eigenvalue weighted by Crippen LogP contribution is -1.88. The number of hydrogen-bond acceptors (Lipinski definition) is 4. The van der Waals surface area contributed by atoms with Crippen molar-refractivity contribution in [1.29, 1.82) is 0 Å². The first-order valence-corrected chi connectivity index (χ1v) is 3.81. The molecule has 2 N–H and O–H groups in total. The Morgan fingerprint density at radius 2 is 2.25 bits per heavy atom. The Bertz CT molecular complexity index is 408. The molecule has 2 rings (SSSR count). The van der Waals surface area contributed by atoms with Gasteiger partial charge < -0.3 is 10.2 Å². The second kappa shape index (κ2) is 2.48. The van der Waals surface area contributed by atoms with Crippen molar-refractivity contribution >= 4 is 17.0 Å². The molecule has 12 heavy (non-hydrogen) atoms. The zero-order chi connectivity index (χ0) is 8.55. The molecule has 2 heterocycles. The molecule has 0 amide bonds. The van der Waals surface area contributed by atoms with Crippen LogP contribution >= 0.6 is 0 Å². The van der Waals surface area contributed by atoms with E-state index in [1.165, 1.54) is 0 Å². The number of pyridine rings is 1. The van der Waals surface area contributed by atoms with Gasteiger partial charge in [-0.05, 0) is 12.1 Å². The monoisotopic (exact) mass is 163 g/mol. The number of rotatable bonds is 1. The van der Waals surface area contributed by atoms with E-state index in [1.807, 2.05) is 6.92 Å². The standard InChI is InChI=1S/C8H9N3O/c1-2-7-11-8-5(12-7)3-4-6(9)10-8/h3-4H,2H2,1H3,(H2,9,10). The summed E-state index contributed by atoms with van der Waals surface area (Å²) in [6.45, 7) is 1.98. The fourth-order valence-corrected chi connectivity index (χ4v) is 1.03. The van der Waals surface area contributed by atoms with Gasteiger partial charge in [0, 0.05) is 6.42 Å². The average molecular weight is 163 g/mol. The summed E-state index contributed by atoms with van der Waals surface area (Å²) in [5.41, 5.74) is 6.77. The van der Waals surface area contributed by atoms with Crippen LogP contribution in [0.1, 0.15) is 12.8 Å². The van der Waals surface area contributed by atoms with E-state index < -0.39 is 0 Å². The van der Waals surface area contributed by atoms with E-state index in [0.29, 0.717) is 22.9 Å². The van der Waals surface area contributed by atoms with Gasteiger partial charge in [0.1, 0.15) is 5.82 Å². The van der Waals surface area contributed by atoms with Gasteiger partial charge in [-0.15, -0.1) is 0 Å². The molecule has 2 aromatic rings. The Hall–Kier alpha value is -1.58. The molecule has 4 heteroatoms. The largest absolute Gasteiger partial charge is 0.439 e. The van der Waals surface area contributed by atoms with E-state index >= 15 is 0 Å². The molecule has 0 unspecified atom stereocenters. The number of oxazole rings is 1. The zero-order valence-electron chi connectivity index (χ0n) is 6.74.